The van der Waals surface area contributed by atoms with E-state index in [0.29, 0.717) is 6.04 Å². The van der Waals surface area contributed by atoms with Gasteiger partial charge in [-0.3, -0.25) is 4.98 Å². The highest BCUT2D eigenvalue weighted by molar-refractivity contribution is 7.71. The molecular weight excluding hydrogens is 218 g/mol. The van der Waals surface area contributed by atoms with Gasteiger partial charge >= 0.3 is 0 Å². The summed E-state index contributed by atoms with van der Waals surface area (Å²) in [7, 11) is 0. The SMILES string of the molecule is CC(n1c(=S)[nH]c2cnccc21)C(C)(C)C. The first kappa shape index (κ1) is 11.3. The normalized spacial score (nSPS) is 14.2. The number of hydrogen-bond donors (Lipinski definition) is 1. The van der Waals surface area contributed by atoms with E-state index in [1.165, 1.54) is 0 Å². The fourth-order valence-electron chi connectivity index (χ4n) is 1.75. The van der Waals surface area contributed by atoms with Crippen molar-refractivity contribution in [2.45, 2.75) is 33.7 Å². The van der Waals surface area contributed by atoms with Gasteiger partial charge in [0, 0.05) is 12.2 Å². The van der Waals surface area contributed by atoms with E-state index in [2.05, 4.69) is 42.2 Å². The molecule has 0 bridgehead atoms. The third-order valence-corrected chi connectivity index (χ3v) is 3.46. The number of nitrogens with one attached hydrogen (secondary N) is 1. The van der Waals surface area contributed by atoms with Gasteiger partial charge in [0.25, 0.3) is 0 Å². The van der Waals surface area contributed by atoms with Crippen molar-refractivity contribution in [3.8, 4) is 0 Å². The molecule has 0 amide bonds. The third kappa shape index (κ3) is 1.78. The van der Waals surface area contributed by atoms with Gasteiger partial charge in [-0.05, 0) is 30.6 Å². The second kappa shape index (κ2) is 3.70. The van der Waals surface area contributed by atoms with Gasteiger partial charge in [-0.15, -0.1) is 0 Å². The van der Waals surface area contributed by atoms with E-state index in [-0.39, 0.29) is 5.41 Å². The largest absolute Gasteiger partial charge is 0.329 e. The summed E-state index contributed by atoms with van der Waals surface area (Å²) in [5.41, 5.74) is 2.31. The number of imidazole rings is 1. The van der Waals surface area contributed by atoms with Crippen molar-refractivity contribution in [2.24, 2.45) is 5.41 Å². The molecule has 1 unspecified atom stereocenters. The van der Waals surface area contributed by atoms with Gasteiger partial charge in [-0.1, -0.05) is 20.8 Å². The predicted molar refractivity (Wildman–Crippen MR) is 69.1 cm³/mol. The van der Waals surface area contributed by atoms with Crippen molar-refractivity contribution in [1.82, 2.24) is 14.5 Å². The lowest BCUT2D eigenvalue weighted by molar-refractivity contribution is 0.265. The Morgan fingerprint density at radius 1 is 1.44 bits per heavy atom. The molecule has 1 atom stereocenters. The quantitative estimate of drug-likeness (QED) is 0.765. The Morgan fingerprint density at radius 3 is 2.75 bits per heavy atom. The van der Waals surface area contributed by atoms with E-state index in [4.69, 9.17) is 12.2 Å². The highest BCUT2D eigenvalue weighted by Crippen LogP contribution is 2.32. The van der Waals surface area contributed by atoms with Crippen LogP contribution in [-0.2, 0) is 0 Å². The van der Waals surface area contributed by atoms with Crippen molar-refractivity contribution < 1.29 is 0 Å². The number of aromatic nitrogens is 3. The van der Waals surface area contributed by atoms with Crippen LogP contribution in [0.25, 0.3) is 11.0 Å². The zero-order valence-corrected chi connectivity index (χ0v) is 10.9. The fraction of sp³-hybridized carbons (Fsp3) is 0.500. The van der Waals surface area contributed by atoms with Crippen LogP contribution in [-0.4, -0.2) is 14.5 Å². The molecule has 1 N–H and O–H groups in total. The first-order chi connectivity index (χ1) is 7.41. The zero-order chi connectivity index (χ0) is 11.9. The molecule has 2 heterocycles. The average molecular weight is 235 g/mol. The number of rotatable bonds is 1. The molecule has 0 aliphatic heterocycles. The predicted octanol–water partition coefficient (Wildman–Crippen LogP) is 3.70. The maximum absolute atomic E-state index is 5.38. The molecular formula is C12H17N3S. The smallest absolute Gasteiger partial charge is 0.178 e. The Kier molecular flexibility index (Phi) is 2.62. The van der Waals surface area contributed by atoms with Crippen LogP contribution < -0.4 is 0 Å². The van der Waals surface area contributed by atoms with Gasteiger partial charge in [-0.25, -0.2) is 0 Å². The number of pyridine rings is 1. The molecule has 0 saturated carbocycles. The van der Waals surface area contributed by atoms with E-state index < -0.39 is 0 Å². The molecule has 16 heavy (non-hydrogen) atoms. The minimum Gasteiger partial charge on any atom is -0.329 e. The van der Waals surface area contributed by atoms with E-state index >= 15 is 0 Å². The lowest BCUT2D eigenvalue weighted by atomic mass is 9.88. The molecule has 0 aromatic carbocycles. The summed E-state index contributed by atoms with van der Waals surface area (Å²) in [4.78, 5) is 7.29. The minimum atomic E-state index is 0.177. The Hall–Kier alpha value is -1.16. The molecule has 2 rings (SSSR count). The first-order valence-electron chi connectivity index (χ1n) is 5.45. The van der Waals surface area contributed by atoms with Crippen LogP contribution in [0.15, 0.2) is 18.5 Å². The van der Waals surface area contributed by atoms with Crippen LogP contribution in [0.2, 0.25) is 0 Å². The topological polar surface area (TPSA) is 33.6 Å². The fourth-order valence-corrected chi connectivity index (χ4v) is 2.12. The minimum absolute atomic E-state index is 0.177. The Balaban J connectivity index is 2.69. The van der Waals surface area contributed by atoms with Gasteiger partial charge in [0.2, 0.25) is 0 Å². The van der Waals surface area contributed by atoms with Crippen LogP contribution in [0.5, 0.6) is 0 Å². The second-order valence-corrected chi connectivity index (χ2v) is 5.62. The summed E-state index contributed by atoms with van der Waals surface area (Å²) in [6.07, 6.45) is 3.62. The Morgan fingerprint density at radius 2 is 2.12 bits per heavy atom. The molecule has 0 aliphatic carbocycles. The average Bonchev–Trinajstić information content (AvgIpc) is 2.51. The molecule has 86 valence electrons. The van der Waals surface area contributed by atoms with Gasteiger partial charge in [-0.2, -0.15) is 0 Å². The van der Waals surface area contributed by atoms with Crippen molar-refractivity contribution in [1.29, 1.82) is 0 Å². The molecule has 3 nitrogen and oxygen atoms in total. The summed E-state index contributed by atoms with van der Waals surface area (Å²) < 4.78 is 2.94. The lowest BCUT2D eigenvalue weighted by Gasteiger charge is -2.28. The van der Waals surface area contributed by atoms with Gasteiger partial charge in [0.05, 0.1) is 17.2 Å². The molecule has 0 spiro atoms. The van der Waals surface area contributed by atoms with Gasteiger partial charge in [0.15, 0.2) is 4.77 Å². The van der Waals surface area contributed by atoms with Crippen molar-refractivity contribution in [3.05, 3.63) is 23.2 Å². The second-order valence-electron chi connectivity index (χ2n) is 5.23. The van der Waals surface area contributed by atoms with Crippen molar-refractivity contribution in [3.63, 3.8) is 0 Å². The first-order valence-corrected chi connectivity index (χ1v) is 5.86. The maximum Gasteiger partial charge on any atom is 0.178 e. The molecule has 0 aliphatic rings. The number of aromatic amines is 1. The molecule has 2 aromatic rings. The highest BCUT2D eigenvalue weighted by atomic mass is 32.1. The van der Waals surface area contributed by atoms with Crippen LogP contribution >= 0.6 is 12.2 Å². The zero-order valence-electron chi connectivity index (χ0n) is 10.1. The van der Waals surface area contributed by atoms with Crippen molar-refractivity contribution >= 4 is 23.3 Å². The molecule has 0 saturated heterocycles. The monoisotopic (exact) mass is 235 g/mol. The van der Waals surface area contributed by atoms with Crippen LogP contribution in [0, 0.1) is 10.2 Å². The molecule has 0 fully saturated rings. The summed E-state index contributed by atoms with van der Waals surface area (Å²) in [6.45, 7) is 8.86. The Bertz CT molecular complexity index is 559. The summed E-state index contributed by atoms with van der Waals surface area (Å²) >= 11 is 5.38. The van der Waals surface area contributed by atoms with E-state index in [9.17, 15) is 0 Å². The van der Waals surface area contributed by atoms with E-state index in [0.717, 1.165) is 15.8 Å². The lowest BCUT2D eigenvalue weighted by Crippen LogP contribution is -2.21. The van der Waals surface area contributed by atoms with E-state index in [1.807, 2.05) is 12.3 Å². The van der Waals surface area contributed by atoms with Gasteiger partial charge in [0.1, 0.15) is 0 Å². The van der Waals surface area contributed by atoms with Gasteiger partial charge < -0.3 is 9.55 Å². The molecule has 4 heteroatoms. The van der Waals surface area contributed by atoms with Crippen molar-refractivity contribution in [2.75, 3.05) is 0 Å². The molecule has 2 aromatic heterocycles. The maximum atomic E-state index is 5.38. The number of hydrogen-bond acceptors (Lipinski definition) is 2. The summed E-state index contributed by atoms with van der Waals surface area (Å²) in [5, 5.41) is 0. The van der Waals surface area contributed by atoms with Crippen LogP contribution in [0.1, 0.15) is 33.7 Å². The number of nitrogens with zero attached hydrogens (tertiary/aromatic N) is 2. The number of fused-ring (bicyclic) bond motifs is 1. The van der Waals surface area contributed by atoms with Crippen LogP contribution in [0.4, 0.5) is 0 Å². The Labute approximate surface area is 101 Å². The number of H-pyrrole nitrogens is 1. The highest BCUT2D eigenvalue weighted by Gasteiger charge is 2.23. The third-order valence-electron chi connectivity index (χ3n) is 3.16. The standard InChI is InChI=1S/C12H17N3S/c1-8(12(2,3)4)15-10-5-6-13-7-9(10)14-11(15)16/h5-8H,1-4H3,(H,14,16). The summed E-state index contributed by atoms with van der Waals surface area (Å²) in [5.74, 6) is 0. The van der Waals surface area contributed by atoms with E-state index in [1.54, 1.807) is 6.20 Å². The molecule has 0 radical (unpaired) electrons. The van der Waals surface area contributed by atoms with Crippen LogP contribution in [0.3, 0.4) is 0 Å². The summed E-state index contributed by atoms with van der Waals surface area (Å²) in [6, 6.07) is 2.35.